The van der Waals surface area contributed by atoms with Crippen molar-refractivity contribution in [1.82, 2.24) is 0 Å². The Labute approximate surface area is 155 Å². The SMILES string of the molecule is CCCC[N+](CCCC)(CCCS(=O)(=O)O)CCOCCOCCC. The smallest absolute Gasteiger partial charge is 0.265 e. The van der Waals surface area contributed by atoms with E-state index in [4.69, 9.17) is 14.0 Å². The van der Waals surface area contributed by atoms with Crippen LogP contribution in [0.5, 0.6) is 0 Å². The zero-order valence-electron chi connectivity index (χ0n) is 16.5. The average Bonchev–Trinajstić information content (AvgIpc) is 2.56. The summed E-state index contributed by atoms with van der Waals surface area (Å²) in [6, 6.07) is 0. The van der Waals surface area contributed by atoms with Crippen molar-refractivity contribution >= 4 is 10.1 Å². The van der Waals surface area contributed by atoms with Gasteiger partial charge in [0.1, 0.15) is 6.54 Å². The molecule has 0 aromatic carbocycles. The van der Waals surface area contributed by atoms with E-state index in [1.54, 1.807) is 0 Å². The minimum absolute atomic E-state index is 0.156. The summed E-state index contributed by atoms with van der Waals surface area (Å²) in [5.41, 5.74) is 0. The van der Waals surface area contributed by atoms with Crippen LogP contribution in [0, 0.1) is 0 Å². The summed E-state index contributed by atoms with van der Waals surface area (Å²) in [6.45, 7) is 12.8. The fraction of sp³-hybridized carbons (Fsp3) is 1.00. The van der Waals surface area contributed by atoms with Crippen molar-refractivity contribution in [2.45, 2.75) is 59.3 Å². The van der Waals surface area contributed by atoms with Gasteiger partial charge < -0.3 is 14.0 Å². The number of quaternary nitrogens is 1. The first-order valence-corrected chi connectivity index (χ1v) is 11.5. The summed E-state index contributed by atoms with van der Waals surface area (Å²) >= 11 is 0. The molecule has 0 amide bonds. The van der Waals surface area contributed by atoms with Crippen molar-refractivity contribution in [2.75, 3.05) is 58.4 Å². The van der Waals surface area contributed by atoms with Crippen LogP contribution < -0.4 is 0 Å². The zero-order chi connectivity index (χ0) is 19.0. The molecule has 0 heterocycles. The first-order valence-electron chi connectivity index (χ1n) is 9.85. The molecule has 0 spiro atoms. The van der Waals surface area contributed by atoms with Gasteiger partial charge in [-0.3, -0.25) is 4.55 Å². The van der Waals surface area contributed by atoms with Gasteiger partial charge in [-0.2, -0.15) is 8.42 Å². The third-order valence-corrected chi connectivity index (χ3v) is 5.24. The van der Waals surface area contributed by atoms with Crippen LogP contribution in [0.1, 0.15) is 59.3 Å². The van der Waals surface area contributed by atoms with Crippen LogP contribution in [0.2, 0.25) is 0 Å². The number of rotatable bonds is 18. The van der Waals surface area contributed by atoms with Crippen molar-refractivity contribution in [3.63, 3.8) is 0 Å². The standard InChI is InChI=1S/C18H39NO5S/c1-4-7-10-19(11-8-5-2,12-9-18-25(20,21)22)13-15-24-17-16-23-14-6-3/h4-18H2,1-3H3/p+1. The van der Waals surface area contributed by atoms with Crippen LogP contribution in [-0.4, -0.2) is 75.8 Å². The molecular formula is C18H40NO5S+. The molecule has 7 heteroatoms. The fourth-order valence-corrected chi connectivity index (χ4v) is 3.46. The van der Waals surface area contributed by atoms with Gasteiger partial charge >= 0.3 is 0 Å². The van der Waals surface area contributed by atoms with Gasteiger partial charge in [0.05, 0.1) is 45.2 Å². The van der Waals surface area contributed by atoms with Crippen molar-refractivity contribution in [3.05, 3.63) is 0 Å². The van der Waals surface area contributed by atoms with Gasteiger partial charge in [-0.05, 0) is 19.3 Å². The molecule has 0 aromatic rings. The van der Waals surface area contributed by atoms with E-state index in [0.29, 0.717) is 26.2 Å². The lowest BCUT2D eigenvalue weighted by molar-refractivity contribution is -0.929. The largest absolute Gasteiger partial charge is 0.379 e. The zero-order valence-corrected chi connectivity index (χ0v) is 17.4. The monoisotopic (exact) mass is 382 g/mol. The molecule has 0 unspecified atom stereocenters. The van der Waals surface area contributed by atoms with E-state index in [9.17, 15) is 8.42 Å². The summed E-state index contributed by atoms with van der Waals surface area (Å²) in [7, 11) is -3.88. The Morgan fingerprint density at radius 2 is 1.24 bits per heavy atom. The van der Waals surface area contributed by atoms with Crippen LogP contribution in [0.15, 0.2) is 0 Å². The second kappa shape index (κ2) is 14.9. The Hall–Kier alpha value is -0.210. The second-order valence-electron chi connectivity index (χ2n) is 6.81. The van der Waals surface area contributed by atoms with Crippen LogP contribution >= 0.6 is 0 Å². The summed E-state index contributed by atoms with van der Waals surface area (Å²) in [5.74, 6) is -0.156. The topological polar surface area (TPSA) is 72.8 Å². The molecule has 0 aliphatic carbocycles. The van der Waals surface area contributed by atoms with Gasteiger partial charge in [0.2, 0.25) is 0 Å². The number of hydrogen-bond acceptors (Lipinski definition) is 4. The van der Waals surface area contributed by atoms with Gasteiger partial charge in [0.25, 0.3) is 10.1 Å². The maximum Gasteiger partial charge on any atom is 0.265 e. The van der Waals surface area contributed by atoms with Gasteiger partial charge in [0, 0.05) is 13.0 Å². The van der Waals surface area contributed by atoms with E-state index in [2.05, 4.69) is 20.8 Å². The average molecular weight is 383 g/mol. The first kappa shape index (κ1) is 24.8. The third kappa shape index (κ3) is 14.6. The maximum atomic E-state index is 11.0. The molecule has 1 N–H and O–H groups in total. The van der Waals surface area contributed by atoms with Gasteiger partial charge in [0.15, 0.2) is 0 Å². The number of ether oxygens (including phenoxy) is 2. The van der Waals surface area contributed by atoms with Gasteiger partial charge in [-0.1, -0.05) is 33.6 Å². The highest BCUT2D eigenvalue weighted by molar-refractivity contribution is 7.85. The number of hydrogen-bond donors (Lipinski definition) is 1. The van der Waals surface area contributed by atoms with E-state index in [-0.39, 0.29) is 5.75 Å². The lowest BCUT2D eigenvalue weighted by Crippen LogP contribution is -2.52. The Balaban J connectivity index is 4.53. The Morgan fingerprint density at radius 1 is 0.720 bits per heavy atom. The molecule has 0 aliphatic rings. The molecule has 0 atom stereocenters. The van der Waals surface area contributed by atoms with Gasteiger partial charge in [-0.15, -0.1) is 0 Å². The van der Waals surface area contributed by atoms with Gasteiger partial charge in [-0.25, -0.2) is 0 Å². The Kier molecular flexibility index (Phi) is 14.8. The predicted molar refractivity (Wildman–Crippen MR) is 103 cm³/mol. The van der Waals surface area contributed by atoms with Crippen LogP contribution in [0.4, 0.5) is 0 Å². The number of nitrogens with zero attached hydrogens (tertiary/aromatic N) is 1. The van der Waals surface area contributed by atoms with Crippen molar-refractivity contribution in [2.24, 2.45) is 0 Å². The van der Waals surface area contributed by atoms with Crippen molar-refractivity contribution in [1.29, 1.82) is 0 Å². The molecule has 0 aliphatic heterocycles. The summed E-state index contributed by atoms with van der Waals surface area (Å²) < 4.78 is 43.1. The van der Waals surface area contributed by atoms with Crippen LogP contribution in [0.25, 0.3) is 0 Å². The highest BCUT2D eigenvalue weighted by Crippen LogP contribution is 2.14. The highest BCUT2D eigenvalue weighted by Gasteiger charge is 2.26. The predicted octanol–water partition coefficient (Wildman–Crippen LogP) is 3.12. The van der Waals surface area contributed by atoms with E-state index in [1.807, 2.05) is 0 Å². The minimum atomic E-state index is -3.88. The third-order valence-electron chi connectivity index (χ3n) is 4.44. The number of unbranched alkanes of at least 4 members (excludes halogenated alkanes) is 2. The minimum Gasteiger partial charge on any atom is -0.379 e. The highest BCUT2D eigenvalue weighted by atomic mass is 32.2. The summed E-state index contributed by atoms with van der Waals surface area (Å²) in [5, 5.41) is 0. The Morgan fingerprint density at radius 3 is 1.72 bits per heavy atom. The van der Waals surface area contributed by atoms with E-state index in [1.165, 1.54) is 0 Å². The fourth-order valence-electron chi connectivity index (χ4n) is 2.96. The molecular weight excluding hydrogens is 342 g/mol. The molecule has 0 saturated carbocycles. The lowest BCUT2D eigenvalue weighted by Gasteiger charge is -2.39. The summed E-state index contributed by atoms with van der Waals surface area (Å²) in [4.78, 5) is 0. The molecule has 0 saturated heterocycles. The molecule has 0 fully saturated rings. The van der Waals surface area contributed by atoms with E-state index >= 15 is 0 Å². The second-order valence-corrected chi connectivity index (χ2v) is 8.38. The molecule has 0 rings (SSSR count). The van der Waals surface area contributed by atoms with E-state index < -0.39 is 10.1 Å². The van der Waals surface area contributed by atoms with Crippen molar-refractivity contribution < 1.29 is 26.9 Å². The molecule has 6 nitrogen and oxygen atoms in total. The molecule has 152 valence electrons. The maximum absolute atomic E-state index is 11.0. The van der Waals surface area contributed by atoms with Crippen molar-refractivity contribution in [3.8, 4) is 0 Å². The quantitative estimate of drug-likeness (QED) is 0.224. The van der Waals surface area contributed by atoms with Crippen LogP contribution in [0.3, 0.4) is 0 Å². The Bertz CT molecular complexity index is 392. The molecule has 0 bridgehead atoms. The molecule has 0 aromatic heterocycles. The normalized spacial score (nSPS) is 12.6. The van der Waals surface area contributed by atoms with E-state index in [0.717, 1.165) is 69.4 Å². The molecule has 25 heavy (non-hydrogen) atoms. The summed E-state index contributed by atoms with van der Waals surface area (Å²) in [6.07, 6.45) is 5.99. The van der Waals surface area contributed by atoms with Crippen LogP contribution in [-0.2, 0) is 19.6 Å². The lowest BCUT2D eigenvalue weighted by atomic mass is 10.2. The first-order chi connectivity index (χ1) is 11.9. The molecule has 0 radical (unpaired) electrons.